The number of hydrogen-bond acceptors (Lipinski definition) is 5. The van der Waals surface area contributed by atoms with Crippen molar-refractivity contribution in [2.45, 2.75) is 19.4 Å². The Morgan fingerprint density at radius 2 is 1.77 bits per heavy atom. The molecule has 0 saturated carbocycles. The van der Waals surface area contributed by atoms with E-state index in [9.17, 15) is 0 Å². The van der Waals surface area contributed by atoms with Crippen LogP contribution in [-0.2, 0) is 0 Å². The summed E-state index contributed by atoms with van der Waals surface area (Å²) in [5.41, 5.74) is 12.0. The van der Waals surface area contributed by atoms with Crippen LogP contribution in [0.25, 0.3) is 33.4 Å². The van der Waals surface area contributed by atoms with Crippen LogP contribution in [0.3, 0.4) is 0 Å². The molecule has 2 aromatic carbocycles. The van der Waals surface area contributed by atoms with E-state index >= 15 is 0 Å². The van der Waals surface area contributed by atoms with Crippen LogP contribution in [0.4, 0.5) is 5.82 Å². The Labute approximate surface area is 185 Å². The number of rotatable bonds is 5. The molecule has 0 aliphatic rings. The molecule has 152 valence electrons. The zero-order chi connectivity index (χ0) is 21.3. The number of nitrogens with two attached hydrogens (primary N) is 1. The summed E-state index contributed by atoms with van der Waals surface area (Å²) < 4.78 is 1.00. The molecule has 2 aromatic heterocycles. The van der Waals surface area contributed by atoms with Gasteiger partial charge in [-0.15, -0.1) is 0 Å². The lowest BCUT2D eigenvalue weighted by Crippen LogP contribution is -2.18. The van der Waals surface area contributed by atoms with E-state index in [-0.39, 0.29) is 0 Å². The predicted octanol–water partition coefficient (Wildman–Crippen LogP) is 5.72. The van der Waals surface area contributed by atoms with Crippen LogP contribution in [0.2, 0.25) is 0 Å². The molecule has 4 aromatic rings. The van der Waals surface area contributed by atoms with Crippen LogP contribution in [0, 0.1) is 0 Å². The Hall–Kier alpha value is -2.83. The first kappa shape index (κ1) is 20.4. The van der Waals surface area contributed by atoms with Crippen molar-refractivity contribution in [2.24, 2.45) is 0 Å². The van der Waals surface area contributed by atoms with Gasteiger partial charge < -0.3 is 10.6 Å². The molecule has 0 aliphatic carbocycles. The summed E-state index contributed by atoms with van der Waals surface area (Å²) in [4.78, 5) is 15.6. The van der Waals surface area contributed by atoms with Gasteiger partial charge in [-0.1, -0.05) is 59.3 Å². The van der Waals surface area contributed by atoms with Gasteiger partial charge in [0.15, 0.2) is 5.65 Å². The molecule has 2 heterocycles. The Balaban J connectivity index is 1.86. The molecule has 0 fully saturated rings. The lowest BCUT2D eigenvalue weighted by atomic mass is 9.98. The summed E-state index contributed by atoms with van der Waals surface area (Å²) in [6.07, 6.45) is 2.52. The van der Waals surface area contributed by atoms with Crippen molar-refractivity contribution in [1.82, 2.24) is 19.9 Å². The van der Waals surface area contributed by atoms with Gasteiger partial charge in [0.05, 0.1) is 11.1 Å². The van der Waals surface area contributed by atoms with Crippen LogP contribution >= 0.6 is 15.9 Å². The van der Waals surface area contributed by atoms with Crippen molar-refractivity contribution in [3.8, 4) is 22.4 Å². The largest absolute Gasteiger partial charge is 0.383 e. The highest BCUT2D eigenvalue weighted by Crippen LogP contribution is 2.35. The zero-order valence-electron chi connectivity index (χ0n) is 17.3. The molecule has 0 spiro atoms. The Morgan fingerprint density at radius 1 is 1.00 bits per heavy atom. The number of nitrogen functional groups attached to an aromatic ring is 1. The molecule has 30 heavy (non-hydrogen) atoms. The lowest BCUT2D eigenvalue weighted by molar-refractivity contribution is 0.292. The van der Waals surface area contributed by atoms with E-state index in [4.69, 9.17) is 10.7 Å². The first-order valence-electron chi connectivity index (χ1n) is 9.92. The van der Waals surface area contributed by atoms with Crippen LogP contribution in [0.15, 0.2) is 65.4 Å². The fourth-order valence-corrected chi connectivity index (χ4v) is 4.29. The molecule has 0 aliphatic heterocycles. The van der Waals surface area contributed by atoms with Crippen LogP contribution in [0.5, 0.6) is 0 Å². The van der Waals surface area contributed by atoms with Gasteiger partial charge in [-0.05, 0) is 55.4 Å². The lowest BCUT2D eigenvalue weighted by Gasteiger charge is -2.23. The van der Waals surface area contributed by atoms with E-state index in [1.807, 2.05) is 12.1 Å². The summed E-state index contributed by atoms with van der Waals surface area (Å²) in [5, 5.41) is 0.773. The van der Waals surface area contributed by atoms with E-state index in [1.165, 1.54) is 11.9 Å². The van der Waals surface area contributed by atoms with Crippen LogP contribution in [0.1, 0.15) is 24.9 Å². The number of hydrogen-bond donors (Lipinski definition) is 1. The average Bonchev–Trinajstić information content (AvgIpc) is 2.74. The van der Waals surface area contributed by atoms with E-state index in [2.05, 4.69) is 94.3 Å². The summed E-state index contributed by atoms with van der Waals surface area (Å²) in [7, 11) is 4.22. The summed E-state index contributed by atoms with van der Waals surface area (Å²) in [6, 6.07) is 19.2. The number of benzene rings is 2. The van der Waals surface area contributed by atoms with Crippen molar-refractivity contribution in [1.29, 1.82) is 0 Å². The minimum absolute atomic E-state index is 0.397. The highest BCUT2D eigenvalue weighted by atomic mass is 79.9. The van der Waals surface area contributed by atoms with E-state index < -0.39 is 0 Å². The fourth-order valence-electron chi connectivity index (χ4n) is 3.89. The second-order valence-corrected chi connectivity index (χ2v) is 8.45. The highest BCUT2D eigenvalue weighted by Gasteiger charge is 2.15. The maximum Gasteiger partial charge on any atom is 0.165 e. The van der Waals surface area contributed by atoms with Crippen molar-refractivity contribution in [3.63, 3.8) is 0 Å². The average molecular weight is 462 g/mol. The molecule has 0 amide bonds. The quantitative estimate of drug-likeness (QED) is 0.411. The minimum Gasteiger partial charge on any atom is -0.383 e. The van der Waals surface area contributed by atoms with Crippen molar-refractivity contribution in [2.75, 3.05) is 19.8 Å². The van der Waals surface area contributed by atoms with Gasteiger partial charge in [0.1, 0.15) is 12.1 Å². The van der Waals surface area contributed by atoms with E-state index in [1.54, 1.807) is 0 Å². The number of halogens is 1. The van der Waals surface area contributed by atoms with Gasteiger partial charge in [0.2, 0.25) is 0 Å². The molecule has 0 radical (unpaired) electrons. The first-order valence-corrected chi connectivity index (χ1v) is 10.7. The molecule has 2 N–H and O–H groups in total. The third-order valence-electron chi connectivity index (χ3n) is 5.37. The Morgan fingerprint density at radius 3 is 2.43 bits per heavy atom. The monoisotopic (exact) mass is 461 g/mol. The second kappa shape index (κ2) is 8.50. The Bertz CT molecular complexity index is 1190. The Kier molecular flexibility index (Phi) is 5.79. The van der Waals surface area contributed by atoms with Crippen molar-refractivity contribution in [3.05, 3.63) is 71.0 Å². The fraction of sp³-hybridized carbons (Fsp3) is 0.208. The molecule has 1 unspecified atom stereocenters. The van der Waals surface area contributed by atoms with Crippen molar-refractivity contribution >= 4 is 32.8 Å². The molecule has 0 bridgehead atoms. The third-order valence-corrected chi connectivity index (χ3v) is 5.86. The zero-order valence-corrected chi connectivity index (χ0v) is 18.9. The van der Waals surface area contributed by atoms with Crippen molar-refractivity contribution < 1.29 is 0 Å². The second-order valence-electron chi connectivity index (χ2n) is 7.53. The molecular weight excluding hydrogens is 438 g/mol. The predicted molar refractivity (Wildman–Crippen MR) is 127 cm³/mol. The number of fused-ring (bicyclic) bond motifs is 1. The van der Waals surface area contributed by atoms with Gasteiger partial charge >= 0.3 is 0 Å². The summed E-state index contributed by atoms with van der Waals surface area (Å²) in [6.45, 7) is 2.21. The maximum atomic E-state index is 6.21. The maximum absolute atomic E-state index is 6.21. The molecule has 4 rings (SSSR count). The topological polar surface area (TPSA) is 67.9 Å². The minimum atomic E-state index is 0.397. The molecule has 5 nitrogen and oxygen atoms in total. The number of aromatic nitrogens is 3. The molecule has 0 saturated heterocycles. The summed E-state index contributed by atoms with van der Waals surface area (Å²) in [5.74, 6) is 0.432. The third kappa shape index (κ3) is 3.93. The molecule has 1 atom stereocenters. The van der Waals surface area contributed by atoms with Gasteiger partial charge in [-0.3, -0.25) is 0 Å². The number of nitrogens with zero attached hydrogens (tertiary/aromatic N) is 4. The number of pyridine rings is 1. The van der Waals surface area contributed by atoms with E-state index in [0.29, 0.717) is 17.5 Å². The van der Waals surface area contributed by atoms with Gasteiger partial charge in [-0.25, -0.2) is 15.0 Å². The van der Waals surface area contributed by atoms with Gasteiger partial charge in [0.25, 0.3) is 0 Å². The number of anilines is 1. The summed E-state index contributed by atoms with van der Waals surface area (Å²) >= 11 is 3.56. The molecule has 6 heteroatoms. The van der Waals surface area contributed by atoms with Gasteiger partial charge in [-0.2, -0.15) is 0 Å². The molecular formula is C24H24BrN5. The smallest absolute Gasteiger partial charge is 0.165 e. The SMILES string of the molecule is CCC(c1ccc(-c2cc(-c3cccc(Br)c3)c3c(N)ncnc3n2)cc1)N(C)C. The van der Waals surface area contributed by atoms with Gasteiger partial charge in [0, 0.05) is 16.1 Å². The van der Waals surface area contributed by atoms with Crippen LogP contribution < -0.4 is 5.73 Å². The standard InChI is InChI=1S/C24H24BrN5/c1-4-21(30(2)3)16-10-8-15(9-11-16)20-13-19(17-6-5-7-18(25)12-17)22-23(26)27-14-28-24(22)29-20/h5-14,21H,4H2,1-3H3,(H2,26,27,28,29). The highest BCUT2D eigenvalue weighted by molar-refractivity contribution is 9.10. The van der Waals surface area contributed by atoms with E-state index in [0.717, 1.165) is 38.7 Å². The normalized spacial score (nSPS) is 12.4. The first-order chi connectivity index (χ1) is 14.5. The van der Waals surface area contributed by atoms with Crippen LogP contribution in [-0.4, -0.2) is 33.9 Å².